The molecule has 39 heavy (non-hydrogen) atoms. The van der Waals surface area contributed by atoms with Gasteiger partial charge in [-0.15, -0.1) is 15.8 Å². The highest BCUT2D eigenvalue weighted by molar-refractivity contribution is 7.57. The number of rotatable bonds is 33. The third kappa shape index (κ3) is 28.5. The number of nitrogens with zero attached hydrogens (tertiary/aromatic N) is 1. The zero-order valence-corrected chi connectivity index (χ0v) is 28.3. The Kier molecular flexibility index (Phi) is 33.6. The predicted molar refractivity (Wildman–Crippen MR) is 170 cm³/mol. The Morgan fingerprint density at radius 1 is 0.385 bits per heavy atom. The van der Waals surface area contributed by atoms with Gasteiger partial charge in [0.25, 0.3) is 0 Å². The second-order valence-electron chi connectivity index (χ2n) is 9.61. The molecule has 0 radical (unpaired) electrons. The molecule has 0 atom stereocenters. The molecule has 0 rings (SSSR count). The van der Waals surface area contributed by atoms with E-state index in [2.05, 4.69) is 34.6 Å². The summed E-state index contributed by atoms with van der Waals surface area (Å²) in [5.74, 6) is 0. The van der Waals surface area contributed by atoms with Crippen molar-refractivity contribution < 1.29 is 28.6 Å². The van der Waals surface area contributed by atoms with Gasteiger partial charge < -0.3 is 18.9 Å². The molecule has 0 bridgehead atoms. The van der Waals surface area contributed by atoms with Crippen LogP contribution in [0.1, 0.15) is 86.0 Å². The van der Waals surface area contributed by atoms with Crippen LogP contribution in [0.5, 0.6) is 0 Å². The lowest BCUT2D eigenvalue weighted by Gasteiger charge is -2.21. The van der Waals surface area contributed by atoms with Crippen molar-refractivity contribution in [1.29, 1.82) is 0 Å². The quantitative estimate of drug-likeness (QED) is 0.0444. The van der Waals surface area contributed by atoms with Crippen molar-refractivity contribution in [2.24, 2.45) is 0 Å². The summed E-state index contributed by atoms with van der Waals surface area (Å²) in [6, 6.07) is 0. The van der Waals surface area contributed by atoms with E-state index in [-0.39, 0.29) is 15.8 Å². The first kappa shape index (κ1) is 39.6. The Morgan fingerprint density at radius 2 is 0.692 bits per heavy atom. The van der Waals surface area contributed by atoms with Crippen LogP contribution >= 0.6 is 15.8 Å². The van der Waals surface area contributed by atoms with Crippen molar-refractivity contribution in [2.75, 3.05) is 110 Å². The fourth-order valence-corrected chi connectivity index (χ4v) is 9.23. The number of unbranched alkanes of at least 4 members (excludes halogenated alkanes) is 2. The van der Waals surface area contributed by atoms with Crippen LogP contribution in [0, 0.1) is 0 Å². The minimum Gasteiger partial charge on any atom is -0.382 e. The van der Waals surface area contributed by atoms with E-state index in [4.69, 9.17) is 28.6 Å². The number of hydrogen-bond acceptors (Lipinski definition) is 7. The zero-order chi connectivity index (χ0) is 28.7. The summed E-state index contributed by atoms with van der Waals surface area (Å²) in [4.78, 5) is 11.9. The first-order valence-corrected chi connectivity index (χ1v) is 19.8. The second kappa shape index (κ2) is 33.1. The standard InChI is InChI=1S/C30H65NO6P2/c1-6-31(36-23-11-13-25-38(27-15-19-32-7-2)28-16-20-33-8-3)37-24-12-14-26-39(29-17-21-34-9-4)30-18-22-35-10-5/h6-30H2,1-5H3. The first-order chi connectivity index (χ1) is 19.2. The van der Waals surface area contributed by atoms with Crippen LogP contribution in [-0.2, 0) is 28.6 Å². The third-order valence-electron chi connectivity index (χ3n) is 6.33. The fraction of sp³-hybridized carbons (Fsp3) is 1.00. The van der Waals surface area contributed by atoms with E-state index in [1.807, 2.05) is 0 Å². The van der Waals surface area contributed by atoms with Gasteiger partial charge in [-0.3, -0.25) is 9.68 Å². The molecule has 0 unspecified atom stereocenters. The van der Waals surface area contributed by atoms with Crippen LogP contribution in [0.15, 0.2) is 0 Å². The lowest BCUT2D eigenvalue weighted by Crippen LogP contribution is -2.25. The lowest BCUT2D eigenvalue weighted by molar-refractivity contribution is -0.366. The molecule has 0 saturated carbocycles. The molecule has 0 N–H and O–H groups in total. The molecule has 0 spiro atoms. The second-order valence-corrected chi connectivity index (χ2v) is 15.0. The van der Waals surface area contributed by atoms with Crippen LogP contribution in [0.4, 0.5) is 0 Å². The molecule has 0 amide bonds. The normalized spacial score (nSPS) is 12.0. The third-order valence-corrected chi connectivity index (χ3v) is 12.0. The molecular formula is C30H65NO6P2. The van der Waals surface area contributed by atoms with Gasteiger partial charge in [-0.05, 0) is 123 Å². The molecule has 0 aliphatic rings. The van der Waals surface area contributed by atoms with Gasteiger partial charge in [0.05, 0.1) is 13.2 Å². The van der Waals surface area contributed by atoms with Crippen LogP contribution < -0.4 is 0 Å². The SMILES string of the molecule is CCOCCCP(CCCCON(CC)OCCCCP(CCCOCC)CCCOCC)CCCOCC. The molecule has 0 fully saturated rings. The van der Waals surface area contributed by atoms with Crippen LogP contribution in [0.2, 0.25) is 0 Å². The van der Waals surface area contributed by atoms with E-state index in [0.29, 0.717) is 0 Å². The van der Waals surface area contributed by atoms with Gasteiger partial charge in [0.15, 0.2) is 0 Å². The fourth-order valence-electron chi connectivity index (χ4n) is 4.24. The lowest BCUT2D eigenvalue weighted by atomic mass is 10.4. The minimum absolute atomic E-state index is 0.0659. The maximum Gasteiger partial charge on any atom is 0.0711 e. The predicted octanol–water partition coefficient (Wildman–Crippen LogP) is 7.40. The van der Waals surface area contributed by atoms with Gasteiger partial charge in [0.2, 0.25) is 0 Å². The molecule has 0 saturated heterocycles. The van der Waals surface area contributed by atoms with Gasteiger partial charge >= 0.3 is 0 Å². The topological polar surface area (TPSA) is 58.6 Å². The summed E-state index contributed by atoms with van der Waals surface area (Å²) in [6.45, 7) is 19.5. The molecule has 0 aliphatic carbocycles. The van der Waals surface area contributed by atoms with E-state index in [1.54, 1.807) is 5.23 Å². The minimum atomic E-state index is 0.0659. The largest absolute Gasteiger partial charge is 0.382 e. The molecule has 0 aliphatic heterocycles. The monoisotopic (exact) mass is 597 g/mol. The summed E-state index contributed by atoms with van der Waals surface area (Å²) in [5, 5.41) is 1.69. The summed E-state index contributed by atoms with van der Waals surface area (Å²) >= 11 is 0. The Balaban J connectivity index is 4.08. The molecule has 0 aromatic carbocycles. The molecule has 9 heteroatoms. The van der Waals surface area contributed by atoms with E-state index < -0.39 is 0 Å². The Bertz CT molecular complexity index is 405. The van der Waals surface area contributed by atoms with Gasteiger partial charge in [-0.25, -0.2) is 0 Å². The van der Waals surface area contributed by atoms with Crippen molar-refractivity contribution >= 4 is 15.8 Å². The van der Waals surface area contributed by atoms with Gasteiger partial charge in [0, 0.05) is 59.4 Å². The number of hydroxylamine groups is 2. The van der Waals surface area contributed by atoms with Crippen molar-refractivity contribution in [2.45, 2.75) is 86.0 Å². The number of ether oxygens (including phenoxy) is 4. The van der Waals surface area contributed by atoms with Crippen molar-refractivity contribution in [3.63, 3.8) is 0 Å². The summed E-state index contributed by atoms with van der Waals surface area (Å²) in [6.07, 6.45) is 17.3. The number of hydrogen-bond donors (Lipinski definition) is 0. The molecule has 7 nitrogen and oxygen atoms in total. The molecule has 0 aromatic heterocycles. The Labute approximate surface area is 245 Å². The summed E-state index contributed by atoms with van der Waals surface area (Å²) in [5.41, 5.74) is 0. The van der Waals surface area contributed by atoms with Gasteiger partial charge in [-0.1, -0.05) is 5.23 Å². The van der Waals surface area contributed by atoms with E-state index >= 15 is 0 Å². The Hall–Kier alpha value is 0.580. The highest BCUT2D eigenvalue weighted by Gasteiger charge is 2.10. The van der Waals surface area contributed by atoms with E-state index in [0.717, 1.165) is 85.5 Å². The van der Waals surface area contributed by atoms with Crippen LogP contribution in [-0.4, -0.2) is 115 Å². The molecular weight excluding hydrogens is 532 g/mol. The van der Waals surface area contributed by atoms with Crippen molar-refractivity contribution in [3.8, 4) is 0 Å². The highest BCUT2D eigenvalue weighted by atomic mass is 31.1. The van der Waals surface area contributed by atoms with Gasteiger partial charge in [-0.2, -0.15) is 0 Å². The average Bonchev–Trinajstić information content (AvgIpc) is 2.95. The smallest absolute Gasteiger partial charge is 0.0711 e. The van der Waals surface area contributed by atoms with Crippen LogP contribution in [0.25, 0.3) is 0 Å². The highest BCUT2D eigenvalue weighted by Crippen LogP contribution is 2.39. The molecule has 0 heterocycles. The van der Waals surface area contributed by atoms with E-state index in [9.17, 15) is 0 Å². The maximum atomic E-state index is 5.93. The Morgan fingerprint density at radius 3 is 0.974 bits per heavy atom. The molecule has 0 aromatic rings. The average molecular weight is 598 g/mol. The molecule has 236 valence electrons. The first-order valence-electron chi connectivity index (χ1n) is 16.0. The van der Waals surface area contributed by atoms with Crippen molar-refractivity contribution in [3.05, 3.63) is 0 Å². The van der Waals surface area contributed by atoms with Crippen molar-refractivity contribution in [1.82, 2.24) is 5.23 Å². The summed E-state index contributed by atoms with van der Waals surface area (Å²) < 4.78 is 22.2. The maximum absolute atomic E-state index is 5.93. The van der Waals surface area contributed by atoms with E-state index in [1.165, 1.54) is 75.5 Å². The zero-order valence-electron chi connectivity index (χ0n) is 26.5. The van der Waals surface area contributed by atoms with Gasteiger partial charge in [0.1, 0.15) is 0 Å². The summed E-state index contributed by atoms with van der Waals surface area (Å²) in [7, 11) is 0.132. The van der Waals surface area contributed by atoms with Crippen LogP contribution in [0.3, 0.4) is 0 Å².